The van der Waals surface area contributed by atoms with Gasteiger partial charge in [-0.05, 0) is 51.7 Å². The Hall–Kier alpha value is -0.900. The Kier molecular flexibility index (Phi) is 19.0. The number of hydrogen-bond donors (Lipinski definition) is 2. The zero-order chi connectivity index (χ0) is 14.4. The Labute approximate surface area is 110 Å². The normalized spacial score (nSPS) is 7.35. The van der Waals surface area contributed by atoms with Crippen molar-refractivity contribution in [3.63, 3.8) is 0 Å². The number of carbonyl (C=O) groups is 1. The number of benzene rings is 1. The van der Waals surface area contributed by atoms with Gasteiger partial charge in [0.2, 0.25) is 0 Å². The smallest absolute Gasteiger partial charge is 0.159 e. The fourth-order valence-corrected chi connectivity index (χ4v) is 0.981. The van der Waals surface area contributed by atoms with E-state index in [0.29, 0.717) is 10.6 Å². The van der Waals surface area contributed by atoms with Crippen molar-refractivity contribution in [3.05, 3.63) is 34.3 Å². The summed E-state index contributed by atoms with van der Waals surface area (Å²) in [7, 11) is 3.00. The third-order valence-electron chi connectivity index (χ3n) is 1.56. The van der Waals surface area contributed by atoms with Gasteiger partial charge in [0.15, 0.2) is 5.78 Å². The largest absolute Gasteiger partial charge is 0.333 e. The molecule has 1 rings (SSSR count). The average molecular weight is 261 g/mol. The lowest BCUT2D eigenvalue weighted by molar-refractivity contribution is 0.101. The minimum atomic E-state index is 0.0739. The molecule has 0 aromatic heterocycles. The van der Waals surface area contributed by atoms with E-state index in [1.807, 2.05) is 20.8 Å². The van der Waals surface area contributed by atoms with Crippen LogP contribution in [0.15, 0.2) is 18.2 Å². The Morgan fingerprint density at radius 2 is 1.53 bits per heavy atom. The van der Waals surface area contributed by atoms with Crippen molar-refractivity contribution in [2.45, 2.75) is 27.7 Å². The molecule has 0 bridgehead atoms. The Bertz CT molecular complexity index is 301. The highest BCUT2D eigenvalue weighted by Gasteiger charge is 2.00. The lowest BCUT2D eigenvalue weighted by atomic mass is 10.1. The highest BCUT2D eigenvalue weighted by molar-refractivity contribution is 6.31. The first-order chi connectivity index (χ1) is 8.11. The summed E-state index contributed by atoms with van der Waals surface area (Å²) in [6.07, 6.45) is 0. The summed E-state index contributed by atoms with van der Waals surface area (Å²) < 4.78 is 0. The third kappa shape index (κ3) is 10.00. The first-order valence-corrected chi connectivity index (χ1v) is 5.91. The SMILES string of the molecule is CC.CC(=O)c1ccc(Cl)c(C)c1.CN.CN. The van der Waals surface area contributed by atoms with Gasteiger partial charge in [-0.1, -0.05) is 25.4 Å². The molecule has 0 saturated carbocycles. The molecule has 0 saturated heterocycles. The minimum Gasteiger partial charge on any atom is -0.333 e. The number of hydrogen-bond acceptors (Lipinski definition) is 3. The van der Waals surface area contributed by atoms with Gasteiger partial charge in [0.1, 0.15) is 0 Å². The molecule has 100 valence electrons. The molecule has 0 aliphatic heterocycles. The molecule has 17 heavy (non-hydrogen) atoms. The van der Waals surface area contributed by atoms with Crippen LogP contribution in [0.2, 0.25) is 5.02 Å². The fourth-order valence-electron chi connectivity index (χ4n) is 0.864. The van der Waals surface area contributed by atoms with Gasteiger partial charge >= 0.3 is 0 Å². The van der Waals surface area contributed by atoms with Crippen molar-refractivity contribution in [3.8, 4) is 0 Å². The van der Waals surface area contributed by atoms with Gasteiger partial charge in [0.05, 0.1) is 0 Å². The van der Waals surface area contributed by atoms with Crippen molar-refractivity contribution >= 4 is 17.4 Å². The number of carbonyl (C=O) groups excluding carboxylic acids is 1. The number of aryl methyl sites for hydroxylation is 1. The van der Waals surface area contributed by atoms with Gasteiger partial charge < -0.3 is 11.5 Å². The molecule has 3 nitrogen and oxygen atoms in total. The van der Waals surface area contributed by atoms with Gasteiger partial charge in [-0.2, -0.15) is 0 Å². The molecule has 0 radical (unpaired) electrons. The summed E-state index contributed by atoms with van der Waals surface area (Å²) in [6, 6.07) is 5.27. The van der Waals surface area contributed by atoms with Crippen molar-refractivity contribution in [2.24, 2.45) is 11.5 Å². The van der Waals surface area contributed by atoms with Crippen LogP contribution in [0.3, 0.4) is 0 Å². The summed E-state index contributed by atoms with van der Waals surface area (Å²) in [5.74, 6) is 0.0739. The van der Waals surface area contributed by atoms with Crippen LogP contribution in [-0.4, -0.2) is 19.9 Å². The fraction of sp³-hybridized carbons (Fsp3) is 0.462. The second-order valence-corrected chi connectivity index (χ2v) is 2.93. The molecule has 0 fully saturated rings. The summed E-state index contributed by atoms with van der Waals surface area (Å²) in [5, 5.41) is 0.704. The molecule has 0 aliphatic rings. The number of ketones is 1. The van der Waals surface area contributed by atoms with E-state index in [4.69, 9.17) is 11.6 Å². The van der Waals surface area contributed by atoms with Gasteiger partial charge in [-0.25, -0.2) is 0 Å². The summed E-state index contributed by atoms with van der Waals surface area (Å²) in [4.78, 5) is 10.9. The van der Waals surface area contributed by atoms with Crippen LogP contribution in [0.5, 0.6) is 0 Å². The molecule has 0 unspecified atom stereocenters. The van der Waals surface area contributed by atoms with E-state index in [2.05, 4.69) is 11.5 Å². The average Bonchev–Trinajstić information content (AvgIpc) is 2.39. The first-order valence-electron chi connectivity index (χ1n) is 5.54. The predicted octanol–water partition coefficient (Wildman–Crippen LogP) is 3.03. The Morgan fingerprint density at radius 1 is 1.12 bits per heavy atom. The molecule has 0 heterocycles. The quantitative estimate of drug-likeness (QED) is 0.763. The monoisotopic (exact) mass is 260 g/mol. The van der Waals surface area contributed by atoms with Crippen molar-refractivity contribution in [1.82, 2.24) is 0 Å². The summed E-state index contributed by atoms with van der Waals surface area (Å²) >= 11 is 5.77. The van der Waals surface area contributed by atoms with Crippen LogP contribution in [0.1, 0.15) is 36.7 Å². The Morgan fingerprint density at radius 3 is 1.82 bits per heavy atom. The van der Waals surface area contributed by atoms with E-state index in [9.17, 15) is 4.79 Å². The zero-order valence-electron chi connectivity index (χ0n) is 11.7. The number of Topliss-reactive ketones (excluding diaryl/α,β-unsaturated/α-hetero) is 1. The molecule has 4 N–H and O–H groups in total. The summed E-state index contributed by atoms with van der Waals surface area (Å²) in [5.41, 5.74) is 10.7. The number of nitrogens with two attached hydrogens (primary N) is 2. The van der Waals surface area contributed by atoms with E-state index in [0.717, 1.165) is 5.56 Å². The highest BCUT2D eigenvalue weighted by Crippen LogP contribution is 2.16. The molecule has 0 aliphatic carbocycles. The summed E-state index contributed by atoms with van der Waals surface area (Å²) in [6.45, 7) is 7.43. The van der Waals surface area contributed by atoms with Gasteiger partial charge in [0, 0.05) is 10.6 Å². The second-order valence-electron chi connectivity index (χ2n) is 2.52. The third-order valence-corrected chi connectivity index (χ3v) is 1.99. The van der Waals surface area contributed by atoms with Crippen molar-refractivity contribution in [2.75, 3.05) is 14.1 Å². The second kappa shape index (κ2) is 15.1. The van der Waals surface area contributed by atoms with Crippen LogP contribution < -0.4 is 11.5 Å². The van der Waals surface area contributed by atoms with E-state index >= 15 is 0 Å². The zero-order valence-corrected chi connectivity index (χ0v) is 12.4. The lowest BCUT2D eigenvalue weighted by Gasteiger charge is -1.98. The maximum Gasteiger partial charge on any atom is 0.159 e. The minimum absolute atomic E-state index is 0.0739. The van der Waals surface area contributed by atoms with E-state index in [1.54, 1.807) is 25.1 Å². The van der Waals surface area contributed by atoms with Gasteiger partial charge in [0.25, 0.3) is 0 Å². The van der Waals surface area contributed by atoms with Crippen LogP contribution in [0.25, 0.3) is 0 Å². The van der Waals surface area contributed by atoms with Gasteiger partial charge in [-0.3, -0.25) is 4.79 Å². The standard InChI is InChI=1S/C9H9ClO.C2H6.2CH5N/c1-6-5-8(7(2)11)3-4-9(6)10;3*1-2/h3-5H,1-2H3;1-2H3;2*2H2,1H3. The van der Waals surface area contributed by atoms with Crippen LogP contribution in [0, 0.1) is 6.92 Å². The molecule has 0 spiro atoms. The van der Waals surface area contributed by atoms with E-state index in [1.165, 1.54) is 14.1 Å². The molecule has 0 atom stereocenters. The highest BCUT2D eigenvalue weighted by atomic mass is 35.5. The topological polar surface area (TPSA) is 69.1 Å². The van der Waals surface area contributed by atoms with E-state index in [-0.39, 0.29) is 5.78 Å². The molecule has 0 amide bonds. The molecular weight excluding hydrogens is 236 g/mol. The molecular formula is C13H25ClN2O. The van der Waals surface area contributed by atoms with Crippen LogP contribution in [-0.2, 0) is 0 Å². The maximum atomic E-state index is 10.9. The van der Waals surface area contributed by atoms with E-state index < -0.39 is 0 Å². The van der Waals surface area contributed by atoms with Crippen LogP contribution in [0.4, 0.5) is 0 Å². The Balaban J connectivity index is -0.000000285. The predicted molar refractivity (Wildman–Crippen MR) is 77.8 cm³/mol. The maximum absolute atomic E-state index is 10.9. The lowest BCUT2D eigenvalue weighted by Crippen LogP contribution is -1.91. The molecule has 1 aromatic carbocycles. The number of halogens is 1. The first kappa shape index (κ1) is 21.4. The molecule has 4 heteroatoms. The van der Waals surface area contributed by atoms with Gasteiger partial charge in [-0.15, -0.1) is 0 Å². The molecule has 1 aromatic rings. The van der Waals surface area contributed by atoms with Crippen LogP contribution >= 0.6 is 11.6 Å². The number of rotatable bonds is 1. The van der Waals surface area contributed by atoms with Crippen molar-refractivity contribution < 1.29 is 4.79 Å². The van der Waals surface area contributed by atoms with Crippen molar-refractivity contribution in [1.29, 1.82) is 0 Å².